The molecule has 2 atom stereocenters. The number of aliphatic hydroxyl groups is 1. The van der Waals surface area contributed by atoms with Gasteiger partial charge in [0.25, 0.3) is 5.91 Å². The van der Waals surface area contributed by atoms with Crippen molar-refractivity contribution in [1.82, 2.24) is 5.32 Å². The van der Waals surface area contributed by atoms with Gasteiger partial charge in [0.05, 0.1) is 6.10 Å². The molecule has 4 N–H and O–H groups in total. The van der Waals surface area contributed by atoms with Gasteiger partial charge < -0.3 is 20.9 Å². The number of carbonyl (C=O) groups excluding carboxylic acids is 1. The van der Waals surface area contributed by atoms with Crippen molar-refractivity contribution in [2.24, 2.45) is 5.73 Å². The highest BCUT2D eigenvalue weighted by molar-refractivity contribution is 5.85. The Hall–Kier alpha value is -1.14. The Morgan fingerprint density at radius 2 is 2.06 bits per heavy atom. The van der Waals surface area contributed by atoms with Gasteiger partial charge in [-0.2, -0.15) is 0 Å². The van der Waals surface area contributed by atoms with Crippen LogP contribution in [0.4, 0.5) is 0 Å². The molecule has 0 fully saturated rings. The first-order chi connectivity index (χ1) is 8.19. The number of nitrogens with two attached hydrogens (primary N) is 1. The third kappa shape index (κ3) is 5.01. The number of carbonyl (C=O) groups is 1. The number of rotatable bonds is 6. The molecule has 0 spiro atoms. The normalized spacial score (nSPS) is 13.3. The minimum atomic E-state index is -0.726. The van der Waals surface area contributed by atoms with Crippen LogP contribution in [0.1, 0.15) is 11.7 Å². The van der Waals surface area contributed by atoms with Crippen molar-refractivity contribution in [2.45, 2.75) is 12.2 Å². The fraction of sp³-hybridized carbons (Fsp3) is 0.417. The van der Waals surface area contributed by atoms with Crippen molar-refractivity contribution < 1.29 is 14.6 Å². The first kappa shape index (κ1) is 16.9. The van der Waals surface area contributed by atoms with E-state index in [1.807, 2.05) is 18.2 Å². The van der Waals surface area contributed by atoms with E-state index in [1.165, 1.54) is 7.11 Å². The number of aliphatic hydroxyl groups excluding tert-OH is 1. The SMILES string of the molecule is COC(CN)C(=O)NCC(O)c1ccccc1.Cl. The Balaban J connectivity index is 0.00000289. The van der Waals surface area contributed by atoms with Gasteiger partial charge in [-0.3, -0.25) is 4.79 Å². The summed E-state index contributed by atoms with van der Waals surface area (Å²) in [5.41, 5.74) is 6.11. The lowest BCUT2D eigenvalue weighted by Gasteiger charge is -2.16. The number of hydrogen-bond donors (Lipinski definition) is 3. The summed E-state index contributed by atoms with van der Waals surface area (Å²) in [4.78, 5) is 11.5. The average molecular weight is 275 g/mol. The van der Waals surface area contributed by atoms with Gasteiger partial charge in [0.2, 0.25) is 0 Å². The summed E-state index contributed by atoms with van der Waals surface area (Å²) in [7, 11) is 1.42. The summed E-state index contributed by atoms with van der Waals surface area (Å²) in [6.07, 6.45) is -1.39. The number of ether oxygens (including phenoxy) is 1. The van der Waals surface area contributed by atoms with E-state index in [0.29, 0.717) is 0 Å². The zero-order chi connectivity index (χ0) is 12.7. The van der Waals surface area contributed by atoms with E-state index in [2.05, 4.69) is 5.32 Å². The molecule has 0 aliphatic carbocycles. The maximum atomic E-state index is 11.5. The van der Waals surface area contributed by atoms with Gasteiger partial charge in [-0.1, -0.05) is 30.3 Å². The molecule has 0 aliphatic rings. The van der Waals surface area contributed by atoms with Crippen LogP contribution in [0.25, 0.3) is 0 Å². The van der Waals surface area contributed by atoms with Gasteiger partial charge >= 0.3 is 0 Å². The Bertz CT molecular complexity index is 344. The number of hydrogen-bond acceptors (Lipinski definition) is 4. The Labute approximate surface area is 113 Å². The van der Waals surface area contributed by atoms with Crippen molar-refractivity contribution >= 4 is 18.3 Å². The van der Waals surface area contributed by atoms with Gasteiger partial charge in [0.15, 0.2) is 0 Å². The van der Waals surface area contributed by atoms with E-state index < -0.39 is 12.2 Å². The summed E-state index contributed by atoms with van der Waals surface area (Å²) in [5, 5.41) is 12.4. The minimum absolute atomic E-state index is 0. The van der Waals surface area contributed by atoms with Gasteiger partial charge in [0.1, 0.15) is 6.10 Å². The Morgan fingerprint density at radius 1 is 1.44 bits per heavy atom. The number of methoxy groups -OCH3 is 1. The molecule has 102 valence electrons. The largest absolute Gasteiger partial charge is 0.387 e. The van der Waals surface area contributed by atoms with Crippen molar-refractivity contribution in [3.05, 3.63) is 35.9 Å². The van der Waals surface area contributed by atoms with Crippen LogP contribution in [0.2, 0.25) is 0 Å². The Kier molecular flexibility index (Phi) is 8.32. The van der Waals surface area contributed by atoms with Gasteiger partial charge in [-0.25, -0.2) is 0 Å². The monoisotopic (exact) mass is 274 g/mol. The summed E-state index contributed by atoms with van der Waals surface area (Å²) in [6, 6.07) is 9.13. The maximum Gasteiger partial charge on any atom is 0.250 e. The quantitative estimate of drug-likeness (QED) is 0.693. The zero-order valence-corrected chi connectivity index (χ0v) is 11.0. The first-order valence-electron chi connectivity index (χ1n) is 5.42. The van der Waals surface area contributed by atoms with Crippen LogP contribution < -0.4 is 11.1 Å². The highest BCUT2D eigenvalue weighted by atomic mass is 35.5. The number of halogens is 1. The molecule has 1 aromatic rings. The number of nitrogens with one attached hydrogen (secondary N) is 1. The van der Waals surface area contributed by atoms with Crippen LogP contribution in [0, 0.1) is 0 Å². The molecule has 2 unspecified atom stereocenters. The van der Waals surface area contributed by atoms with Crippen LogP contribution in [0.5, 0.6) is 0 Å². The molecule has 0 saturated carbocycles. The maximum absolute atomic E-state index is 11.5. The third-order valence-corrected chi connectivity index (χ3v) is 2.45. The molecule has 0 aromatic heterocycles. The van der Waals surface area contributed by atoms with Crippen LogP contribution in [-0.2, 0) is 9.53 Å². The summed E-state index contributed by atoms with van der Waals surface area (Å²) in [5.74, 6) is -0.315. The van der Waals surface area contributed by atoms with Crippen LogP contribution >= 0.6 is 12.4 Å². The minimum Gasteiger partial charge on any atom is -0.387 e. The molecular weight excluding hydrogens is 256 g/mol. The number of benzene rings is 1. The molecule has 0 bridgehead atoms. The van der Waals surface area contributed by atoms with Crippen LogP contribution in [0.3, 0.4) is 0 Å². The smallest absolute Gasteiger partial charge is 0.250 e. The highest BCUT2D eigenvalue weighted by Gasteiger charge is 2.16. The molecular formula is C12H19ClN2O3. The molecule has 1 amide bonds. The molecule has 6 heteroatoms. The Morgan fingerprint density at radius 3 is 2.56 bits per heavy atom. The fourth-order valence-electron chi connectivity index (χ4n) is 1.41. The molecule has 0 heterocycles. The van der Waals surface area contributed by atoms with Gasteiger partial charge in [-0.15, -0.1) is 12.4 Å². The lowest BCUT2D eigenvalue weighted by Crippen LogP contribution is -2.42. The summed E-state index contributed by atoms with van der Waals surface area (Å²) >= 11 is 0. The average Bonchev–Trinajstić information content (AvgIpc) is 2.38. The van der Waals surface area contributed by atoms with E-state index in [0.717, 1.165) is 5.56 Å². The second-order valence-electron chi connectivity index (χ2n) is 3.63. The predicted molar refractivity (Wildman–Crippen MR) is 71.5 cm³/mol. The van der Waals surface area contributed by atoms with Crippen molar-refractivity contribution in [1.29, 1.82) is 0 Å². The third-order valence-electron chi connectivity index (χ3n) is 2.45. The molecule has 5 nitrogen and oxygen atoms in total. The van der Waals surface area contributed by atoms with Crippen molar-refractivity contribution in [3.8, 4) is 0 Å². The molecule has 0 aliphatic heterocycles. The lowest BCUT2D eigenvalue weighted by molar-refractivity contribution is -0.130. The van der Waals surface area contributed by atoms with Crippen molar-refractivity contribution in [2.75, 3.05) is 20.2 Å². The highest BCUT2D eigenvalue weighted by Crippen LogP contribution is 2.10. The number of amides is 1. The van der Waals surface area contributed by atoms with Crippen LogP contribution in [-0.4, -0.2) is 37.3 Å². The second-order valence-corrected chi connectivity index (χ2v) is 3.63. The molecule has 1 aromatic carbocycles. The van der Waals surface area contributed by atoms with Crippen LogP contribution in [0.15, 0.2) is 30.3 Å². The second kappa shape index (κ2) is 8.88. The molecule has 0 radical (unpaired) electrons. The standard InChI is InChI=1S/C12H18N2O3.ClH/c1-17-11(7-13)12(16)14-8-10(15)9-5-3-2-4-6-9;/h2-6,10-11,15H,7-8,13H2,1H3,(H,14,16);1H. The lowest BCUT2D eigenvalue weighted by atomic mass is 10.1. The first-order valence-corrected chi connectivity index (χ1v) is 5.42. The molecule has 0 saturated heterocycles. The van der Waals surface area contributed by atoms with E-state index in [1.54, 1.807) is 12.1 Å². The topological polar surface area (TPSA) is 84.6 Å². The van der Waals surface area contributed by atoms with E-state index in [9.17, 15) is 9.90 Å². The predicted octanol–water partition coefficient (Wildman–Crippen LogP) is 0.232. The zero-order valence-electron chi connectivity index (χ0n) is 10.2. The summed E-state index contributed by atoms with van der Waals surface area (Å²) < 4.78 is 4.88. The van der Waals surface area contributed by atoms with Gasteiger partial charge in [-0.05, 0) is 5.56 Å². The van der Waals surface area contributed by atoms with Gasteiger partial charge in [0, 0.05) is 20.2 Å². The summed E-state index contributed by atoms with van der Waals surface area (Å²) in [6.45, 7) is 0.256. The molecule has 1 rings (SSSR count). The fourth-order valence-corrected chi connectivity index (χ4v) is 1.41. The van der Waals surface area contributed by atoms with E-state index in [4.69, 9.17) is 10.5 Å². The van der Waals surface area contributed by atoms with Crippen molar-refractivity contribution in [3.63, 3.8) is 0 Å². The van der Waals surface area contributed by atoms with E-state index >= 15 is 0 Å². The van der Waals surface area contributed by atoms with E-state index in [-0.39, 0.29) is 31.4 Å². The molecule has 18 heavy (non-hydrogen) atoms.